The molecule has 0 aliphatic carbocycles. The summed E-state index contributed by atoms with van der Waals surface area (Å²) in [5, 5.41) is 3.01. The summed E-state index contributed by atoms with van der Waals surface area (Å²) in [6.07, 6.45) is 3.35. The van der Waals surface area contributed by atoms with Crippen LogP contribution in [0.5, 0.6) is 11.5 Å². The number of nitrogens with zero attached hydrogens (tertiary/aromatic N) is 3. The van der Waals surface area contributed by atoms with Crippen molar-refractivity contribution in [2.75, 3.05) is 11.7 Å². The number of fused-ring (bicyclic) bond motifs is 5. The van der Waals surface area contributed by atoms with Crippen LogP contribution < -0.4 is 20.0 Å². The van der Waals surface area contributed by atoms with Gasteiger partial charge in [0.1, 0.15) is 11.1 Å². The summed E-state index contributed by atoms with van der Waals surface area (Å²) in [6, 6.07) is 20.3. The highest BCUT2D eigenvalue weighted by Crippen LogP contribution is 2.40. The molecule has 180 valence electrons. The molecule has 0 N–H and O–H groups in total. The van der Waals surface area contributed by atoms with E-state index >= 15 is 0 Å². The molecule has 0 fully saturated rings. The molecule has 7 rings (SSSR count). The van der Waals surface area contributed by atoms with Crippen LogP contribution in [0.25, 0.3) is 32.0 Å². The van der Waals surface area contributed by atoms with Crippen LogP contribution in [0.4, 0.5) is 5.13 Å². The number of benzene rings is 3. The minimum Gasteiger partial charge on any atom is -0.454 e. The zero-order valence-corrected chi connectivity index (χ0v) is 20.0. The molecule has 0 spiro atoms. The summed E-state index contributed by atoms with van der Waals surface area (Å²) in [7, 11) is 0. The van der Waals surface area contributed by atoms with Gasteiger partial charge in [0.05, 0.1) is 16.8 Å². The average molecular weight is 508 g/mol. The van der Waals surface area contributed by atoms with Crippen molar-refractivity contribution < 1.29 is 18.7 Å². The van der Waals surface area contributed by atoms with Gasteiger partial charge in [-0.15, -0.1) is 0 Å². The van der Waals surface area contributed by atoms with Gasteiger partial charge in [-0.25, -0.2) is 9.78 Å². The minimum atomic E-state index is -0.703. The van der Waals surface area contributed by atoms with E-state index in [-0.39, 0.29) is 18.9 Å². The van der Waals surface area contributed by atoms with E-state index in [1.807, 2.05) is 42.5 Å². The van der Waals surface area contributed by atoms with Gasteiger partial charge in [0, 0.05) is 29.9 Å². The first-order chi connectivity index (χ1) is 18.1. The molecule has 1 aliphatic rings. The van der Waals surface area contributed by atoms with Crippen LogP contribution in [-0.2, 0) is 6.54 Å². The Labute approximate surface area is 213 Å². The van der Waals surface area contributed by atoms with Crippen LogP contribution >= 0.6 is 11.3 Å². The third-order valence-corrected chi connectivity index (χ3v) is 7.32. The first-order valence-corrected chi connectivity index (χ1v) is 12.3. The highest BCUT2D eigenvalue weighted by molar-refractivity contribution is 7.22. The summed E-state index contributed by atoms with van der Waals surface area (Å²) in [5.74, 6) is 0.734. The number of anilines is 1. The van der Waals surface area contributed by atoms with Gasteiger partial charge in [0.25, 0.3) is 5.91 Å². The predicted octanol–water partition coefficient (Wildman–Crippen LogP) is 5.53. The maximum atomic E-state index is 14.0. The molecule has 9 heteroatoms. The van der Waals surface area contributed by atoms with Crippen LogP contribution in [0.1, 0.15) is 15.9 Å². The molecule has 1 amide bonds. The molecule has 37 heavy (non-hydrogen) atoms. The molecule has 0 unspecified atom stereocenters. The van der Waals surface area contributed by atoms with Gasteiger partial charge in [-0.3, -0.25) is 14.7 Å². The number of aromatic nitrogens is 2. The molecule has 0 radical (unpaired) electrons. The number of hydrogen-bond acceptors (Lipinski definition) is 8. The summed E-state index contributed by atoms with van der Waals surface area (Å²) in [6.45, 7) is 0.337. The topological polar surface area (TPSA) is 94.8 Å². The number of thiazole rings is 1. The number of hydrogen-bond donors (Lipinski definition) is 0. The lowest BCUT2D eigenvalue weighted by atomic mass is 10.0. The van der Waals surface area contributed by atoms with Gasteiger partial charge in [-0.05, 0) is 34.5 Å². The number of amides is 1. The van der Waals surface area contributed by atoms with Crippen molar-refractivity contribution in [3.8, 4) is 11.5 Å². The molecule has 0 saturated heterocycles. The first kappa shape index (κ1) is 21.5. The Kier molecular flexibility index (Phi) is 4.90. The average Bonchev–Trinajstić information content (AvgIpc) is 3.56. The predicted molar refractivity (Wildman–Crippen MR) is 140 cm³/mol. The fourth-order valence-corrected chi connectivity index (χ4v) is 5.46. The number of rotatable bonds is 4. The summed E-state index contributed by atoms with van der Waals surface area (Å²) in [5.41, 5.74) is 1.12. The monoisotopic (exact) mass is 507 g/mol. The fraction of sp³-hybridized carbons (Fsp3) is 0.0714. The number of carbonyl (C=O) groups excluding carboxylic acids is 1. The molecular formula is C28H17N3O5S. The Morgan fingerprint density at radius 1 is 0.973 bits per heavy atom. The zero-order chi connectivity index (χ0) is 24.9. The standard InChI is InChI=1S/C28H17N3O5S/c32-26(20-10-19-18-6-2-1-5-17(18)7-8-22(19)36-27(20)33)31(14-16-4-3-9-29-13-16)28-30-21-11-23-24(35-15-34-23)12-25(21)37-28/h1-13H,14-15H2. The van der Waals surface area contributed by atoms with Crippen LogP contribution in [0.15, 0.2) is 88.3 Å². The van der Waals surface area contributed by atoms with Crippen molar-refractivity contribution in [1.29, 1.82) is 0 Å². The van der Waals surface area contributed by atoms with Crippen LogP contribution in [0, 0.1) is 0 Å². The van der Waals surface area contributed by atoms with E-state index in [9.17, 15) is 9.59 Å². The third-order valence-electron chi connectivity index (χ3n) is 6.28. The summed E-state index contributed by atoms with van der Waals surface area (Å²) < 4.78 is 17.4. The molecule has 0 bridgehead atoms. The fourth-order valence-electron chi connectivity index (χ4n) is 4.49. The molecule has 6 aromatic rings. The Hall–Kier alpha value is -4.76. The second kappa shape index (κ2) is 8.42. The van der Waals surface area contributed by atoms with Gasteiger partial charge in [-0.1, -0.05) is 47.7 Å². The Bertz CT molecular complexity index is 1860. The van der Waals surface area contributed by atoms with Gasteiger partial charge in [-0.2, -0.15) is 0 Å². The third kappa shape index (κ3) is 3.68. The molecule has 3 aromatic heterocycles. The Morgan fingerprint density at radius 3 is 2.70 bits per heavy atom. The lowest BCUT2D eigenvalue weighted by Crippen LogP contribution is -2.33. The highest BCUT2D eigenvalue weighted by Gasteiger charge is 2.26. The van der Waals surface area contributed by atoms with E-state index in [2.05, 4.69) is 4.98 Å². The summed E-state index contributed by atoms with van der Waals surface area (Å²) >= 11 is 1.33. The van der Waals surface area contributed by atoms with Gasteiger partial charge in [0.2, 0.25) is 6.79 Å². The van der Waals surface area contributed by atoms with Gasteiger partial charge < -0.3 is 13.9 Å². The van der Waals surface area contributed by atoms with E-state index in [0.29, 0.717) is 33.1 Å². The number of pyridine rings is 1. The maximum absolute atomic E-state index is 14.0. The van der Waals surface area contributed by atoms with E-state index in [1.165, 1.54) is 16.2 Å². The van der Waals surface area contributed by atoms with Crippen molar-refractivity contribution in [3.63, 3.8) is 0 Å². The molecule has 8 nitrogen and oxygen atoms in total. The minimum absolute atomic E-state index is 0.0684. The first-order valence-electron chi connectivity index (χ1n) is 11.5. The second-order valence-electron chi connectivity index (χ2n) is 8.57. The van der Waals surface area contributed by atoms with Crippen LogP contribution in [-0.4, -0.2) is 22.7 Å². The number of carbonyl (C=O) groups is 1. The molecule has 1 aliphatic heterocycles. The maximum Gasteiger partial charge on any atom is 0.349 e. The lowest BCUT2D eigenvalue weighted by molar-refractivity contribution is 0.0981. The van der Waals surface area contributed by atoms with Gasteiger partial charge in [0.15, 0.2) is 16.6 Å². The molecule has 4 heterocycles. The van der Waals surface area contributed by atoms with Crippen molar-refractivity contribution in [1.82, 2.24) is 9.97 Å². The second-order valence-corrected chi connectivity index (χ2v) is 9.58. The zero-order valence-electron chi connectivity index (χ0n) is 19.2. The van der Waals surface area contributed by atoms with E-state index in [1.54, 1.807) is 36.7 Å². The quantitative estimate of drug-likeness (QED) is 0.229. The smallest absolute Gasteiger partial charge is 0.349 e. The van der Waals surface area contributed by atoms with E-state index in [0.717, 1.165) is 21.0 Å². The van der Waals surface area contributed by atoms with E-state index in [4.69, 9.17) is 18.9 Å². The Balaban J connectivity index is 1.38. The van der Waals surface area contributed by atoms with Crippen LogP contribution in [0.3, 0.4) is 0 Å². The van der Waals surface area contributed by atoms with Crippen molar-refractivity contribution in [2.45, 2.75) is 6.54 Å². The highest BCUT2D eigenvalue weighted by atomic mass is 32.1. The SMILES string of the molecule is O=C(c1cc2c(ccc3ccccc32)oc1=O)N(Cc1cccnc1)c1nc2cc3c(cc2s1)OCO3. The van der Waals surface area contributed by atoms with Crippen LogP contribution in [0.2, 0.25) is 0 Å². The number of ether oxygens (including phenoxy) is 2. The van der Waals surface area contributed by atoms with E-state index < -0.39 is 11.5 Å². The molecular weight excluding hydrogens is 490 g/mol. The summed E-state index contributed by atoms with van der Waals surface area (Å²) in [4.78, 5) is 37.4. The molecule has 0 atom stereocenters. The normalized spacial score (nSPS) is 12.4. The molecule has 3 aromatic carbocycles. The lowest BCUT2D eigenvalue weighted by Gasteiger charge is -2.19. The van der Waals surface area contributed by atoms with Crippen molar-refractivity contribution in [3.05, 3.63) is 101 Å². The van der Waals surface area contributed by atoms with Crippen molar-refractivity contribution >= 4 is 54.3 Å². The van der Waals surface area contributed by atoms with Gasteiger partial charge >= 0.3 is 5.63 Å². The van der Waals surface area contributed by atoms with Crippen molar-refractivity contribution in [2.24, 2.45) is 0 Å². The largest absolute Gasteiger partial charge is 0.454 e. The Morgan fingerprint density at radius 2 is 1.84 bits per heavy atom. The molecule has 0 saturated carbocycles.